The molecule has 30 heavy (non-hydrogen) atoms. The first-order valence-corrected chi connectivity index (χ1v) is 10.2. The normalized spacial score (nSPS) is 16.1. The minimum absolute atomic E-state index is 0.0897. The van der Waals surface area contributed by atoms with Crippen molar-refractivity contribution in [3.63, 3.8) is 0 Å². The molecule has 154 valence electrons. The molecule has 0 saturated carbocycles. The Morgan fingerprint density at radius 2 is 1.73 bits per heavy atom. The molecule has 7 nitrogen and oxygen atoms in total. The van der Waals surface area contributed by atoms with Gasteiger partial charge in [0, 0.05) is 30.1 Å². The van der Waals surface area contributed by atoms with E-state index in [0.717, 1.165) is 40.8 Å². The number of rotatable bonds is 3. The Hall–Kier alpha value is -3.35. The van der Waals surface area contributed by atoms with Gasteiger partial charge in [-0.3, -0.25) is 4.79 Å². The Morgan fingerprint density at radius 3 is 2.50 bits per heavy atom. The van der Waals surface area contributed by atoms with E-state index in [9.17, 15) is 4.79 Å². The maximum Gasteiger partial charge on any atom is 0.253 e. The van der Waals surface area contributed by atoms with E-state index in [0.29, 0.717) is 30.6 Å². The number of carbonyl (C=O) groups excluding carboxylic acids is 1. The summed E-state index contributed by atoms with van der Waals surface area (Å²) >= 11 is 0. The Morgan fingerprint density at radius 1 is 1.00 bits per heavy atom. The van der Waals surface area contributed by atoms with E-state index in [1.165, 1.54) is 0 Å². The van der Waals surface area contributed by atoms with Gasteiger partial charge in [0.05, 0.1) is 0 Å². The number of hydrogen-bond acceptors (Lipinski definition) is 6. The lowest BCUT2D eigenvalue weighted by Gasteiger charge is -2.30. The summed E-state index contributed by atoms with van der Waals surface area (Å²) in [4.78, 5) is 19.4. The number of carbonyl (C=O) groups is 1. The van der Waals surface area contributed by atoms with Gasteiger partial charge >= 0.3 is 0 Å². The molecular formula is C23H23N3O4. The Bertz CT molecular complexity index is 1080. The second-order valence-electron chi connectivity index (χ2n) is 7.97. The van der Waals surface area contributed by atoms with Crippen LogP contribution in [-0.2, 0) is 0 Å². The van der Waals surface area contributed by atoms with Gasteiger partial charge in [-0.05, 0) is 57.0 Å². The molecule has 7 heteroatoms. The van der Waals surface area contributed by atoms with Crippen LogP contribution in [0.25, 0.3) is 11.4 Å². The Balaban J connectivity index is 1.25. The fourth-order valence-electron chi connectivity index (χ4n) is 4.16. The smallest absolute Gasteiger partial charge is 0.253 e. The number of fused-ring (bicyclic) bond motifs is 1. The first-order chi connectivity index (χ1) is 14.6. The predicted octanol–water partition coefficient (Wildman–Crippen LogP) is 4.10. The number of ether oxygens (including phenoxy) is 2. The van der Waals surface area contributed by atoms with Crippen LogP contribution < -0.4 is 9.47 Å². The number of hydrogen-bond donors (Lipinski definition) is 0. The molecule has 5 rings (SSSR count). The molecule has 3 heterocycles. The molecule has 0 unspecified atom stereocenters. The lowest BCUT2D eigenvalue weighted by atomic mass is 9.96. The molecule has 0 radical (unpaired) electrons. The molecule has 0 atom stereocenters. The summed E-state index contributed by atoms with van der Waals surface area (Å²) in [5.41, 5.74) is 3.80. The van der Waals surface area contributed by atoms with Crippen molar-refractivity contribution >= 4 is 5.91 Å². The highest BCUT2D eigenvalue weighted by molar-refractivity contribution is 5.94. The van der Waals surface area contributed by atoms with Crippen LogP contribution in [0.3, 0.4) is 0 Å². The van der Waals surface area contributed by atoms with Crippen LogP contribution in [0.2, 0.25) is 0 Å². The molecule has 0 bridgehead atoms. The second kappa shape index (κ2) is 7.48. The van der Waals surface area contributed by atoms with Crippen LogP contribution in [0.5, 0.6) is 11.5 Å². The van der Waals surface area contributed by atoms with Gasteiger partial charge in [0.25, 0.3) is 5.91 Å². The summed E-state index contributed by atoms with van der Waals surface area (Å²) in [5.74, 6) is 2.83. The average Bonchev–Trinajstić information content (AvgIpc) is 3.41. The van der Waals surface area contributed by atoms with Crippen LogP contribution in [0.1, 0.15) is 46.1 Å². The molecule has 2 aliphatic rings. The topological polar surface area (TPSA) is 77.7 Å². The van der Waals surface area contributed by atoms with Crippen molar-refractivity contribution in [2.75, 3.05) is 19.9 Å². The third kappa shape index (κ3) is 3.51. The fraction of sp³-hybridized carbons (Fsp3) is 0.348. The lowest BCUT2D eigenvalue weighted by Crippen LogP contribution is -2.38. The summed E-state index contributed by atoms with van der Waals surface area (Å²) in [5, 5.41) is 4.15. The summed E-state index contributed by atoms with van der Waals surface area (Å²) < 4.78 is 16.3. The van der Waals surface area contributed by atoms with Gasteiger partial charge in [0.15, 0.2) is 11.5 Å². The number of aromatic nitrogens is 2. The molecule has 0 spiro atoms. The van der Waals surface area contributed by atoms with E-state index in [1.807, 2.05) is 49.1 Å². The predicted molar refractivity (Wildman–Crippen MR) is 110 cm³/mol. The largest absolute Gasteiger partial charge is 0.454 e. The van der Waals surface area contributed by atoms with E-state index in [2.05, 4.69) is 16.2 Å². The number of aryl methyl sites for hydroxylation is 2. The van der Waals surface area contributed by atoms with Gasteiger partial charge < -0.3 is 18.9 Å². The zero-order chi connectivity index (χ0) is 20.7. The van der Waals surface area contributed by atoms with Gasteiger partial charge in [0.2, 0.25) is 18.5 Å². The molecule has 1 aromatic heterocycles. The van der Waals surface area contributed by atoms with Crippen molar-refractivity contribution < 1.29 is 18.8 Å². The van der Waals surface area contributed by atoms with Crippen LogP contribution in [0, 0.1) is 13.8 Å². The highest BCUT2D eigenvalue weighted by atomic mass is 16.7. The van der Waals surface area contributed by atoms with E-state index in [4.69, 9.17) is 14.0 Å². The van der Waals surface area contributed by atoms with Gasteiger partial charge in [-0.15, -0.1) is 0 Å². The molecule has 2 aliphatic heterocycles. The standard InChI is InChI=1S/C23H23N3O4/c1-14-9-15(2)11-18(10-14)23(27)26-7-5-16(6-8-26)22-24-21(25-30-22)17-3-4-19-20(12-17)29-13-28-19/h3-4,9-12,16H,5-8,13H2,1-2H3. The zero-order valence-electron chi connectivity index (χ0n) is 17.1. The highest BCUT2D eigenvalue weighted by Crippen LogP contribution is 2.36. The second-order valence-corrected chi connectivity index (χ2v) is 7.97. The average molecular weight is 405 g/mol. The Kier molecular flexibility index (Phi) is 4.65. The maximum atomic E-state index is 12.9. The molecule has 1 amide bonds. The number of nitrogens with zero attached hydrogens (tertiary/aromatic N) is 3. The highest BCUT2D eigenvalue weighted by Gasteiger charge is 2.28. The van der Waals surface area contributed by atoms with Gasteiger partial charge in [-0.25, -0.2) is 0 Å². The monoisotopic (exact) mass is 405 g/mol. The molecular weight excluding hydrogens is 382 g/mol. The van der Waals surface area contributed by atoms with Gasteiger partial charge in [0.1, 0.15) is 0 Å². The quantitative estimate of drug-likeness (QED) is 0.653. The van der Waals surface area contributed by atoms with Crippen molar-refractivity contribution in [2.24, 2.45) is 0 Å². The van der Waals surface area contributed by atoms with Crippen LogP contribution in [0.4, 0.5) is 0 Å². The Labute approximate surface area is 174 Å². The van der Waals surface area contributed by atoms with Gasteiger partial charge in [-0.1, -0.05) is 22.3 Å². The van der Waals surface area contributed by atoms with Gasteiger partial charge in [-0.2, -0.15) is 4.98 Å². The molecule has 0 aliphatic carbocycles. The van der Waals surface area contributed by atoms with E-state index in [-0.39, 0.29) is 18.6 Å². The molecule has 0 N–H and O–H groups in total. The van der Waals surface area contributed by atoms with Crippen molar-refractivity contribution in [3.8, 4) is 22.9 Å². The molecule has 3 aromatic rings. The number of amides is 1. The molecule has 1 fully saturated rings. The minimum Gasteiger partial charge on any atom is -0.454 e. The summed E-state index contributed by atoms with van der Waals surface area (Å²) in [6.07, 6.45) is 1.61. The van der Waals surface area contributed by atoms with Crippen LogP contribution in [0.15, 0.2) is 40.9 Å². The lowest BCUT2D eigenvalue weighted by molar-refractivity contribution is 0.0704. The molecule has 1 saturated heterocycles. The SMILES string of the molecule is Cc1cc(C)cc(C(=O)N2CCC(c3nc(-c4ccc5c(c4)OCO5)no3)CC2)c1. The zero-order valence-corrected chi connectivity index (χ0v) is 17.1. The first kappa shape index (κ1) is 18.7. The van der Waals surface area contributed by atoms with Crippen molar-refractivity contribution in [1.82, 2.24) is 15.0 Å². The number of piperidine rings is 1. The fourth-order valence-corrected chi connectivity index (χ4v) is 4.16. The van der Waals surface area contributed by atoms with Crippen molar-refractivity contribution in [2.45, 2.75) is 32.6 Å². The number of likely N-dealkylation sites (tertiary alicyclic amines) is 1. The molecule has 2 aromatic carbocycles. The van der Waals surface area contributed by atoms with E-state index in [1.54, 1.807) is 0 Å². The van der Waals surface area contributed by atoms with E-state index >= 15 is 0 Å². The van der Waals surface area contributed by atoms with Crippen LogP contribution in [-0.4, -0.2) is 40.8 Å². The minimum atomic E-state index is 0.0897. The van der Waals surface area contributed by atoms with E-state index < -0.39 is 0 Å². The number of benzene rings is 2. The maximum absolute atomic E-state index is 12.9. The van der Waals surface area contributed by atoms with Crippen molar-refractivity contribution in [3.05, 3.63) is 59.0 Å². The third-order valence-electron chi connectivity index (χ3n) is 5.67. The van der Waals surface area contributed by atoms with Crippen molar-refractivity contribution in [1.29, 1.82) is 0 Å². The summed E-state index contributed by atoms with van der Waals surface area (Å²) in [6.45, 7) is 5.62. The van der Waals surface area contributed by atoms with Crippen LogP contribution >= 0.6 is 0 Å². The third-order valence-corrected chi connectivity index (χ3v) is 5.67. The first-order valence-electron chi connectivity index (χ1n) is 10.2. The summed E-state index contributed by atoms with van der Waals surface area (Å²) in [6, 6.07) is 11.6. The summed E-state index contributed by atoms with van der Waals surface area (Å²) in [7, 11) is 0.